The van der Waals surface area contributed by atoms with E-state index in [1.54, 1.807) is 24.3 Å². The molecule has 1 amide bonds. The van der Waals surface area contributed by atoms with Crippen molar-refractivity contribution in [3.63, 3.8) is 0 Å². The third kappa shape index (κ3) is 5.39. The van der Waals surface area contributed by atoms with Gasteiger partial charge in [-0.2, -0.15) is 0 Å². The van der Waals surface area contributed by atoms with Crippen LogP contribution >= 0.6 is 0 Å². The predicted molar refractivity (Wildman–Crippen MR) is 128 cm³/mol. The Morgan fingerprint density at radius 3 is 2.19 bits per heavy atom. The second kappa shape index (κ2) is 10.5. The zero-order valence-electron chi connectivity index (χ0n) is 18.6. The van der Waals surface area contributed by atoms with Gasteiger partial charge in [0.25, 0.3) is 0 Å². The number of carboxylic acids is 1. The van der Waals surface area contributed by atoms with Crippen LogP contribution in [-0.4, -0.2) is 30.1 Å². The van der Waals surface area contributed by atoms with E-state index in [9.17, 15) is 9.59 Å². The molecule has 1 heterocycles. The average Bonchev–Trinajstić information content (AvgIpc) is 2.84. The largest absolute Gasteiger partial charge is 0.478 e. The second-order valence-corrected chi connectivity index (χ2v) is 8.83. The zero-order chi connectivity index (χ0) is 22.3. The Kier molecular flexibility index (Phi) is 7.25. The zero-order valence-corrected chi connectivity index (χ0v) is 18.6. The van der Waals surface area contributed by atoms with E-state index in [2.05, 4.69) is 34.5 Å². The lowest BCUT2D eigenvalue weighted by molar-refractivity contribution is -0.119. The normalized spacial score (nSPS) is 16.5. The number of aromatic carboxylic acids is 1. The highest BCUT2D eigenvalue weighted by molar-refractivity contribution is 5.92. The van der Waals surface area contributed by atoms with Crippen molar-refractivity contribution in [1.29, 1.82) is 0 Å². The van der Waals surface area contributed by atoms with E-state index in [-0.39, 0.29) is 17.9 Å². The van der Waals surface area contributed by atoms with E-state index in [1.165, 1.54) is 36.9 Å². The van der Waals surface area contributed by atoms with Crippen LogP contribution < -0.4 is 10.2 Å². The minimum absolute atomic E-state index is 0.0606. The van der Waals surface area contributed by atoms with Crippen LogP contribution in [0.4, 0.5) is 5.69 Å². The topological polar surface area (TPSA) is 69.6 Å². The highest BCUT2D eigenvalue weighted by Crippen LogP contribution is 2.34. The smallest absolute Gasteiger partial charge is 0.335 e. The Bertz CT molecular complexity index is 980. The molecular weight excluding hydrogens is 400 g/mol. The molecule has 0 aromatic heterocycles. The SMILES string of the molecule is O=C(Cc1ccc(C(=O)O)cc1)NC(=C1CCCCC1)c1ccccc1N1CCCCC1. The van der Waals surface area contributed by atoms with Gasteiger partial charge in [-0.25, -0.2) is 4.79 Å². The molecule has 0 atom stereocenters. The lowest BCUT2D eigenvalue weighted by Crippen LogP contribution is -2.32. The first-order chi connectivity index (χ1) is 15.6. The van der Waals surface area contributed by atoms with Crippen molar-refractivity contribution >= 4 is 23.3 Å². The van der Waals surface area contributed by atoms with Crippen LogP contribution in [0, 0.1) is 0 Å². The van der Waals surface area contributed by atoms with E-state index in [0.717, 1.165) is 55.6 Å². The molecule has 5 heteroatoms. The standard InChI is InChI=1S/C27H32N2O3/c30-25(19-20-13-15-22(16-14-20)27(31)32)28-26(21-9-3-1-4-10-21)23-11-5-6-12-24(23)29-17-7-2-8-18-29/h5-6,11-16H,1-4,7-10,17-19H2,(H,28,30)(H,31,32). The molecule has 2 aromatic rings. The quantitative estimate of drug-likeness (QED) is 0.640. The number of nitrogens with zero attached hydrogens (tertiary/aromatic N) is 1. The first-order valence-electron chi connectivity index (χ1n) is 11.8. The highest BCUT2D eigenvalue weighted by Gasteiger charge is 2.21. The molecule has 168 valence electrons. The fraction of sp³-hybridized carbons (Fsp3) is 0.407. The van der Waals surface area contributed by atoms with Gasteiger partial charge in [0.1, 0.15) is 0 Å². The van der Waals surface area contributed by atoms with Crippen LogP contribution in [0.5, 0.6) is 0 Å². The number of carbonyl (C=O) groups excluding carboxylic acids is 1. The molecule has 5 nitrogen and oxygen atoms in total. The summed E-state index contributed by atoms with van der Waals surface area (Å²) in [5.74, 6) is -1.02. The number of anilines is 1. The predicted octanol–water partition coefficient (Wildman–Crippen LogP) is 5.41. The van der Waals surface area contributed by atoms with Crippen molar-refractivity contribution in [2.75, 3.05) is 18.0 Å². The Balaban J connectivity index is 1.60. The molecule has 1 saturated carbocycles. The van der Waals surface area contributed by atoms with Crippen molar-refractivity contribution in [1.82, 2.24) is 5.32 Å². The molecule has 32 heavy (non-hydrogen) atoms. The molecule has 2 fully saturated rings. The summed E-state index contributed by atoms with van der Waals surface area (Å²) in [6.07, 6.45) is 9.54. The molecule has 0 spiro atoms. The van der Waals surface area contributed by atoms with Gasteiger partial charge in [-0.05, 0) is 74.3 Å². The van der Waals surface area contributed by atoms with Crippen LogP contribution in [-0.2, 0) is 11.2 Å². The second-order valence-electron chi connectivity index (χ2n) is 8.83. The van der Waals surface area contributed by atoms with Crippen molar-refractivity contribution < 1.29 is 14.7 Å². The third-order valence-corrected chi connectivity index (χ3v) is 6.51. The molecule has 2 N–H and O–H groups in total. The van der Waals surface area contributed by atoms with Gasteiger partial charge in [0, 0.05) is 30.0 Å². The third-order valence-electron chi connectivity index (χ3n) is 6.51. The van der Waals surface area contributed by atoms with Crippen LogP contribution in [0.15, 0.2) is 54.1 Å². The molecule has 1 saturated heterocycles. The minimum atomic E-state index is -0.959. The molecule has 4 rings (SSSR count). The lowest BCUT2D eigenvalue weighted by atomic mass is 9.90. The summed E-state index contributed by atoms with van der Waals surface area (Å²) >= 11 is 0. The molecule has 0 bridgehead atoms. The van der Waals surface area contributed by atoms with Crippen molar-refractivity contribution in [2.24, 2.45) is 0 Å². The highest BCUT2D eigenvalue weighted by atomic mass is 16.4. The number of carboxylic acid groups (broad SMARTS) is 1. The number of amides is 1. The van der Waals surface area contributed by atoms with Crippen molar-refractivity contribution in [3.05, 3.63) is 70.8 Å². The van der Waals surface area contributed by atoms with E-state index in [1.807, 2.05) is 0 Å². The number of para-hydroxylation sites is 1. The fourth-order valence-corrected chi connectivity index (χ4v) is 4.80. The molecule has 0 unspecified atom stereocenters. The van der Waals surface area contributed by atoms with Gasteiger partial charge in [0.2, 0.25) is 5.91 Å². The van der Waals surface area contributed by atoms with E-state index < -0.39 is 5.97 Å². The molecule has 1 aliphatic heterocycles. The Morgan fingerprint density at radius 2 is 1.50 bits per heavy atom. The van der Waals surface area contributed by atoms with Gasteiger partial charge in [-0.3, -0.25) is 4.79 Å². The number of carbonyl (C=O) groups is 2. The lowest BCUT2D eigenvalue weighted by Gasteiger charge is -2.32. The minimum Gasteiger partial charge on any atom is -0.478 e. The van der Waals surface area contributed by atoms with Crippen LogP contribution in [0.1, 0.15) is 72.9 Å². The summed E-state index contributed by atoms with van der Waals surface area (Å²) in [7, 11) is 0. The Labute approximate surface area is 190 Å². The van der Waals surface area contributed by atoms with Crippen molar-refractivity contribution in [2.45, 2.75) is 57.8 Å². The van der Waals surface area contributed by atoms with Gasteiger partial charge < -0.3 is 15.3 Å². The average molecular weight is 433 g/mol. The summed E-state index contributed by atoms with van der Waals surface area (Å²) in [4.78, 5) is 26.6. The monoisotopic (exact) mass is 432 g/mol. The van der Waals surface area contributed by atoms with Gasteiger partial charge in [0.05, 0.1) is 12.0 Å². The first-order valence-corrected chi connectivity index (χ1v) is 11.8. The Hall–Kier alpha value is -3.08. The van der Waals surface area contributed by atoms with Gasteiger partial charge >= 0.3 is 5.97 Å². The number of hydrogen-bond donors (Lipinski definition) is 2. The van der Waals surface area contributed by atoms with E-state index in [4.69, 9.17) is 5.11 Å². The molecule has 1 aliphatic carbocycles. The van der Waals surface area contributed by atoms with Crippen LogP contribution in [0.3, 0.4) is 0 Å². The Morgan fingerprint density at radius 1 is 0.844 bits per heavy atom. The number of benzene rings is 2. The number of rotatable bonds is 6. The molecular formula is C27H32N2O3. The van der Waals surface area contributed by atoms with Gasteiger partial charge in [-0.15, -0.1) is 0 Å². The van der Waals surface area contributed by atoms with Crippen LogP contribution in [0.25, 0.3) is 5.70 Å². The van der Waals surface area contributed by atoms with Gasteiger partial charge in [-0.1, -0.05) is 36.8 Å². The van der Waals surface area contributed by atoms with Gasteiger partial charge in [0.15, 0.2) is 0 Å². The number of allylic oxidation sites excluding steroid dienone is 1. The number of hydrogen-bond acceptors (Lipinski definition) is 3. The number of nitrogens with one attached hydrogen (secondary N) is 1. The summed E-state index contributed by atoms with van der Waals surface area (Å²) < 4.78 is 0. The first kappa shape index (κ1) is 22.1. The maximum absolute atomic E-state index is 13.1. The van der Waals surface area contributed by atoms with Crippen molar-refractivity contribution in [3.8, 4) is 0 Å². The molecule has 0 radical (unpaired) electrons. The summed E-state index contributed by atoms with van der Waals surface area (Å²) in [5, 5.41) is 12.4. The maximum atomic E-state index is 13.1. The fourth-order valence-electron chi connectivity index (χ4n) is 4.80. The number of piperidine rings is 1. The van der Waals surface area contributed by atoms with E-state index in [0.29, 0.717) is 0 Å². The van der Waals surface area contributed by atoms with E-state index >= 15 is 0 Å². The summed E-state index contributed by atoms with van der Waals surface area (Å²) in [6.45, 7) is 2.12. The molecule has 2 aromatic carbocycles. The summed E-state index contributed by atoms with van der Waals surface area (Å²) in [5.41, 5.74) is 5.71. The maximum Gasteiger partial charge on any atom is 0.335 e. The molecule has 2 aliphatic rings. The van der Waals surface area contributed by atoms with Crippen LogP contribution in [0.2, 0.25) is 0 Å². The summed E-state index contributed by atoms with van der Waals surface area (Å²) in [6, 6.07) is 15.0.